The van der Waals surface area contributed by atoms with E-state index < -0.39 is 6.61 Å². The van der Waals surface area contributed by atoms with E-state index in [1.165, 1.54) is 19.2 Å². The van der Waals surface area contributed by atoms with Gasteiger partial charge in [-0.25, -0.2) is 0 Å². The number of halogens is 3. The van der Waals surface area contributed by atoms with E-state index in [9.17, 15) is 8.78 Å². The van der Waals surface area contributed by atoms with Crippen LogP contribution in [-0.2, 0) is 5.88 Å². The monoisotopic (exact) mass is 289 g/mol. The average Bonchev–Trinajstić information content (AvgIpc) is 2.87. The molecule has 0 unspecified atom stereocenters. The van der Waals surface area contributed by atoms with Gasteiger partial charge in [-0.3, -0.25) is 0 Å². The number of alkyl halides is 3. The minimum absolute atomic E-state index is 0.0395. The summed E-state index contributed by atoms with van der Waals surface area (Å²) in [4.78, 5) is 0. The maximum Gasteiger partial charge on any atom is 0.387 e. The van der Waals surface area contributed by atoms with E-state index in [1.54, 1.807) is 12.1 Å². The largest absolute Gasteiger partial charge is 0.493 e. The van der Waals surface area contributed by atoms with Crippen LogP contribution in [-0.4, -0.2) is 18.9 Å². The summed E-state index contributed by atoms with van der Waals surface area (Å²) in [5, 5.41) is 3.82. The van der Waals surface area contributed by atoms with Crippen LogP contribution in [0.4, 0.5) is 8.78 Å². The van der Waals surface area contributed by atoms with Gasteiger partial charge < -0.3 is 14.0 Å². The molecule has 0 aliphatic carbocycles. The molecule has 2 rings (SSSR count). The van der Waals surface area contributed by atoms with Gasteiger partial charge in [0.25, 0.3) is 0 Å². The molecule has 2 aromatic rings. The fourth-order valence-electron chi connectivity index (χ4n) is 1.53. The molecule has 1 aromatic heterocycles. The lowest BCUT2D eigenvalue weighted by molar-refractivity contribution is -0.0512. The van der Waals surface area contributed by atoms with Crippen LogP contribution < -0.4 is 9.47 Å². The predicted octanol–water partition coefficient (Wildman–Crippen LogP) is 3.69. The number of methoxy groups -OCH3 is 1. The third-order valence-electron chi connectivity index (χ3n) is 2.37. The number of hydrogen-bond acceptors (Lipinski definition) is 4. The van der Waals surface area contributed by atoms with E-state index in [0.29, 0.717) is 17.0 Å². The van der Waals surface area contributed by atoms with E-state index in [-0.39, 0.29) is 17.4 Å². The quantitative estimate of drug-likeness (QED) is 0.788. The summed E-state index contributed by atoms with van der Waals surface area (Å²) < 4.78 is 38.7. The molecule has 1 heterocycles. The van der Waals surface area contributed by atoms with Crippen molar-refractivity contribution < 1.29 is 22.8 Å². The Balaban J connectivity index is 2.32. The highest BCUT2D eigenvalue weighted by molar-refractivity contribution is 6.16. The molecule has 102 valence electrons. The number of rotatable bonds is 5. The molecule has 0 saturated heterocycles. The van der Waals surface area contributed by atoms with Gasteiger partial charge in [0.2, 0.25) is 0 Å². The van der Waals surface area contributed by atoms with Crippen molar-refractivity contribution in [3.63, 3.8) is 0 Å². The zero-order valence-electron chi connectivity index (χ0n) is 9.90. The van der Waals surface area contributed by atoms with Crippen molar-refractivity contribution >= 4 is 11.6 Å². The summed E-state index contributed by atoms with van der Waals surface area (Å²) in [6.07, 6.45) is 0. The van der Waals surface area contributed by atoms with Crippen LogP contribution in [0.1, 0.15) is 5.76 Å². The molecule has 4 nitrogen and oxygen atoms in total. The van der Waals surface area contributed by atoms with Crippen LogP contribution in [0.25, 0.3) is 11.3 Å². The molecule has 0 amide bonds. The van der Waals surface area contributed by atoms with Crippen molar-refractivity contribution in [3.05, 3.63) is 30.0 Å². The standard InChI is InChI=1S/C12H10ClF2NO3/c1-17-11-4-7(2-3-10(11)18-12(14)15)9-5-8(6-13)19-16-9/h2-5,12H,6H2,1H3. The number of aromatic nitrogens is 1. The van der Waals surface area contributed by atoms with E-state index in [2.05, 4.69) is 9.89 Å². The second kappa shape index (κ2) is 5.88. The Labute approximate surface area is 112 Å². The summed E-state index contributed by atoms with van der Waals surface area (Å²) in [6, 6.07) is 6.16. The van der Waals surface area contributed by atoms with Crippen molar-refractivity contribution in [2.75, 3.05) is 7.11 Å². The molecule has 0 spiro atoms. The summed E-state index contributed by atoms with van der Waals surface area (Å²) in [5.41, 5.74) is 1.19. The number of ether oxygens (including phenoxy) is 2. The van der Waals surface area contributed by atoms with Crippen molar-refractivity contribution in [3.8, 4) is 22.8 Å². The SMILES string of the molecule is COc1cc(-c2cc(CCl)on2)ccc1OC(F)F. The highest BCUT2D eigenvalue weighted by Gasteiger charge is 2.13. The van der Waals surface area contributed by atoms with Crippen LogP contribution in [0.5, 0.6) is 11.5 Å². The third kappa shape index (κ3) is 3.14. The normalized spacial score (nSPS) is 10.8. The van der Waals surface area contributed by atoms with Gasteiger partial charge in [0.15, 0.2) is 17.3 Å². The number of nitrogens with zero attached hydrogens (tertiary/aromatic N) is 1. The maximum atomic E-state index is 12.2. The third-order valence-corrected chi connectivity index (χ3v) is 2.63. The highest BCUT2D eigenvalue weighted by Crippen LogP contribution is 2.33. The predicted molar refractivity (Wildman–Crippen MR) is 64.7 cm³/mol. The van der Waals surface area contributed by atoms with Gasteiger partial charge in [0.1, 0.15) is 5.69 Å². The Morgan fingerprint density at radius 3 is 2.68 bits per heavy atom. The average molecular weight is 290 g/mol. The lowest BCUT2D eigenvalue weighted by Gasteiger charge is -2.10. The molecule has 0 saturated carbocycles. The first-order valence-electron chi connectivity index (χ1n) is 5.29. The van der Waals surface area contributed by atoms with Crippen molar-refractivity contribution in [1.82, 2.24) is 5.16 Å². The summed E-state index contributed by atoms with van der Waals surface area (Å²) in [5.74, 6) is 0.871. The molecule has 0 radical (unpaired) electrons. The Hall–Kier alpha value is -1.82. The topological polar surface area (TPSA) is 44.5 Å². The minimum atomic E-state index is -2.91. The molecule has 0 aliphatic heterocycles. The summed E-state index contributed by atoms with van der Waals surface area (Å²) in [6.45, 7) is -2.91. The van der Waals surface area contributed by atoms with Crippen molar-refractivity contribution in [1.29, 1.82) is 0 Å². The lowest BCUT2D eigenvalue weighted by Crippen LogP contribution is -2.03. The zero-order chi connectivity index (χ0) is 13.8. The van der Waals surface area contributed by atoms with Gasteiger partial charge >= 0.3 is 6.61 Å². The molecule has 19 heavy (non-hydrogen) atoms. The summed E-state index contributed by atoms with van der Waals surface area (Å²) >= 11 is 5.61. The van der Waals surface area contributed by atoms with Gasteiger partial charge in [-0.2, -0.15) is 8.78 Å². The molecule has 7 heteroatoms. The van der Waals surface area contributed by atoms with Gasteiger partial charge in [-0.1, -0.05) is 5.16 Å². The molecule has 0 bridgehead atoms. The van der Waals surface area contributed by atoms with Crippen LogP contribution in [0, 0.1) is 0 Å². The lowest BCUT2D eigenvalue weighted by atomic mass is 10.1. The molecule has 1 aromatic carbocycles. The smallest absolute Gasteiger partial charge is 0.387 e. The van der Waals surface area contributed by atoms with Gasteiger partial charge in [-0.15, -0.1) is 11.6 Å². The Morgan fingerprint density at radius 2 is 2.11 bits per heavy atom. The summed E-state index contributed by atoms with van der Waals surface area (Å²) in [7, 11) is 1.37. The molecule has 0 aliphatic rings. The van der Waals surface area contributed by atoms with Crippen LogP contribution in [0.15, 0.2) is 28.8 Å². The van der Waals surface area contributed by atoms with Crippen molar-refractivity contribution in [2.24, 2.45) is 0 Å². The van der Waals surface area contributed by atoms with Crippen LogP contribution >= 0.6 is 11.6 Å². The van der Waals surface area contributed by atoms with E-state index in [1.807, 2.05) is 0 Å². The van der Waals surface area contributed by atoms with Gasteiger partial charge in [0, 0.05) is 11.6 Å². The Kier molecular flexibility index (Phi) is 4.21. The zero-order valence-corrected chi connectivity index (χ0v) is 10.7. The Bertz CT molecular complexity index is 560. The van der Waals surface area contributed by atoms with E-state index in [0.717, 1.165) is 0 Å². The van der Waals surface area contributed by atoms with Crippen LogP contribution in [0.2, 0.25) is 0 Å². The van der Waals surface area contributed by atoms with E-state index in [4.69, 9.17) is 20.9 Å². The first kappa shape index (κ1) is 13.6. The number of hydrogen-bond donors (Lipinski definition) is 0. The Morgan fingerprint density at radius 1 is 1.32 bits per heavy atom. The second-order valence-corrected chi connectivity index (χ2v) is 3.82. The minimum Gasteiger partial charge on any atom is -0.493 e. The molecule has 0 atom stereocenters. The molecule has 0 fully saturated rings. The maximum absolute atomic E-state index is 12.2. The fourth-order valence-corrected chi connectivity index (χ4v) is 1.66. The molecule has 0 N–H and O–H groups in total. The molecular weight excluding hydrogens is 280 g/mol. The van der Waals surface area contributed by atoms with Crippen LogP contribution in [0.3, 0.4) is 0 Å². The van der Waals surface area contributed by atoms with Gasteiger partial charge in [0.05, 0.1) is 13.0 Å². The van der Waals surface area contributed by atoms with Crippen molar-refractivity contribution in [2.45, 2.75) is 12.5 Å². The first-order chi connectivity index (χ1) is 9.13. The van der Waals surface area contributed by atoms with Gasteiger partial charge in [-0.05, 0) is 18.2 Å². The van der Waals surface area contributed by atoms with E-state index >= 15 is 0 Å². The first-order valence-corrected chi connectivity index (χ1v) is 5.82. The number of benzene rings is 1. The fraction of sp³-hybridized carbons (Fsp3) is 0.250. The highest BCUT2D eigenvalue weighted by atomic mass is 35.5. The molecular formula is C12H10ClF2NO3. The second-order valence-electron chi connectivity index (χ2n) is 3.56.